The highest BCUT2D eigenvalue weighted by Gasteiger charge is 2.37. The van der Waals surface area contributed by atoms with Crippen molar-refractivity contribution in [2.24, 2.45) is 0 Å². The van der Waals surface area contributed by atoms with E-state index in [1.54, 1.807) is 0 Å². The Balaban J connectivity index is 2.24. The molecule has 0 aromatic heterocycles. The fourth-order valence-electron chi connectivity index (χ4n) is 2.03. The molecule has 0 radical (unpaired) electrons. The predicted molar refractivity (Wildman–Crippen MR) is 63.3 cm³/mol. The van der Waals surface area contributed by atoms with Gasteiger partial charge in [0.25, 0.3) is 0 Å². The van der Waals surface area contributed by atoms with Gasteiger partial charge in [-0.15, -0.1) is 0 Å². The molecule has 0 aliphatic carbocycles. The molecule has 4 nitrogen and oxygen atoms in total. The second-order valence-electron chi connectivity index (χ2n) is 4.67. The summed E-state index contributed by atoms with van der Waals surface area (Å²) in [5, 5.41) is 2.86. The van der Waals surface area contributed by atoms with E-state index in [2.05, 4.69) is 5.32 Å². The average molecular weight is 280 g/mol. The van der Waals surface area contributed by atoms with E-state index in [1.165, 1.54) is 4.90 Å². The van der Waals surface area contributed by atoms with Crippen molar-refractivity contribution in [3.8, 4) is 0 Å². The first-order chi connectivity index (χ1) is 8.85. The minimum atomic E-state index is -4.13. The van der Waals surface area contributed by atoms with Gasteiger partial charge in [-0.25, -0.2) is 0 Å². The molecule has 0 aromatic rings. The van der Waals surface area contributed by atoms with E-state index in [0.29, 0.717) is 25.9 Å². The van der Waals surface area contributed by atoms with Crippen molar-refractivity contribution in [2.75, 3.05) is 13.1 Å². The summed E-state index contributed by atoms with van der Waals surface area (Å²) in [5.74, 6) is -0.470. The predicted octanol–water partition coefficient (Wildman–Crippen LogP) is 1.85. The summed E-state index contributed by atoms with van der Waals surface area (Å²) in [5.41, 5.74) is 0. The number of amides is 2. The van der Waals surface area contributed by atoms with E-state index in [-0.39, 0.29) is 24.7 Å². The van der Waals surface area contributed by atoms with E-state index in [9.17, 15) is 22.8 Å². The van der Waals surface area contributed by atoms with Crippen LogP contribution in [0.25, 0.3) is 0 Å². The van der Waals surface area contributed by atoms with E-state index in [4.69, 9.17) is 0 Å². The van der Waals surface area contributed by atoms with E-state index in [0.717, 1.165) is 0 Å². The highest BCUT2D eigenvalue weighted by atomic mass is 19.4. The van der Waals surface area contributed by atoms with Crippen LogP contribution in [0.3, 0.4) is 0 Å². The van der Waals surface area contributed by atoms with Gasteiger partial charge in [0.1, 0.15) is 0 Å². The number of rotatable bonds is 7. The first kappa shape index (κ1) is 15.9. The van der Waals surface area contributed by atoms with Crippen LogP contribution >= 0.6 is 0 Å². The number of carbonyl (C=O) groups is 2. The maximum Gasteiger partial charge on any atom is 0.389 e. The van der Waals surface area contributed by atoms with Gasteiger partial charge in [0.15, 0.2) is 0 Å². The van der Waals surface area contributed by atoms with Crippen molar-refractivity contribution >= 4 is 11.8 Å². The van der Waals surface area contributed by atoms with Gasteiger partial charge in [-0.2, -0.15) is 13.2 Å². The molecule has 1 atom stereocenters. The molecule has 1 saturated heterocycles. The molecule has 1 N–H and O–H groups in total. The van der Waals surface area contributed by atoms with Gasteiger partial charge in [-0.1, -0.05) is 6.92 Å². The molecular formula is C12H19F3N2O2. The molecular weight excluding hydrogens is 261 g/mol. The van der Waals surface area contributed by atoms with Crippen LogP contribution in [0.5, 0.6) is 0 Å². The average Bonchev–Trinajstić information content (AvgIpc) is 2.55. The largest absolute Gasteiger partial charge is 0.389 e. The lowest BCUT2D eigenvalue weighted by molar-refractivity contribution is -0.139. The first-order valence-electron chi connectivity index (χ1n) is 6.49. The molecule has 0 saturated carbocycles. The standard InChI is InChI=1S/C12H19F3N2O2/c1-2-7-17-10(18)8-9(11(17)19)16-6-4-3-5-12(13,14)15/h9,16H,2-8H2,1H3. The summed E-state index contributed by atoms with van der Waals surface area (Å²) in [6.45, 7) is 2.60. The van der Waals surface area contributed by atoms with Crippen molar-refractivity contribution in [3.63, 3.8) is 0 Å². The van der Waals surface area contributed by atoms with E-state index >= 15 is 0 Å². The van der Waals surface area contributed by atoms with Crippen molar-refractivity contribution in [3.05, 3.63) is 0 Å². The lowest BCUT2D eigenvalue weighted by Crippen LogP contribution is -2.39. The topological polar surface area (TPSA) is 49.4 Å². The number of hydrogen-bond donors (Lipinski definition) is 1. The summed E-state index contributed by atoms with van der Waals surface area (Å²) in [4.78, 5) is 24.5. The van der Waals surface area contributed by atoms with Crippen LogP contribution in [-0.2, 0) is 9.59 Å². The molecule has 0 aromatic carbocycles. The minimum Gasteiger partial charge on any atom is -0.305 e. The number of nitrogens with one attached hydrogen (secondary N) is 1. The molecule has 7 heteroatoms. The van der Waals surface area contributed by atoms with Crippen molar-refractivity contribution in [1.82, 2.24) is 10.2 Å². The maximum absolute atomic E-state index is 11.9. The van der Waals surface area contributed by atoms with E-state index < -0.39 is 18.6 Å². The normalized spacial score (nSPS) is 20.4. The zero-order valence-electron chi connectivity index (χ0n) is 10.9. The quantitative estimate of drug-likeness (QED) is 0.572. The Morgan fingerprint density at radius 1 is 1.32 bits per heavy atom. The maximum atomic E-state index is 11.9. The van der Waals surface area contributed by atoms with Crippen LogP contribution in [0.2, 0.25) is 0 Å². The number of imide groups is 1. The van der Waals surface area contributed by atoms with Crippen LogP contribution in [0.1, 0.15) is 39.0 Å². The SMILES string of the molecule is CCCN1C(=O)CC(NCCCCC(F)(F)F)C1=O. The molecule has 0 bridgehead atoms. The molecule has 1 aliphatic heterocycles. The van der Waals surface area contributed by atoms with Crippen LogP contribution in [0.4, 0.5) is 13.2 Å². The molecule has 19 heavy (non-hydrogen) atoms. The number of carbonyl (C=O) groups excluding carboxylic acids is 2. The molecule has 0 spiro atoms. The Hall–Kier alpha value is -1.11. The third-order valence-electron chi connectivity index (χ3n) is 2.97. The number of unbranched alkanes of at least 4 members (excludes halogenated alkanes) is 1. The van der Waals surface area contributed by atoms with Crippen LogP contribution in [0, 0.1) is 0 Å². The van der Waals surface area contributed by atoms with Crippen molar-refractivity contribution < 1.29 is 22.8 Å². The summed E-state index contributed by atoms with van der Waals surface area (Å²) in [7, 11) is 0. The van der Waals surface area contributed by atoms with Gasteiger partial charge >= 0.3 is 6.18 Å². The van der Waals surface area contributed by atoms with Crippen molar-refractivity contribution in [1.29, 1.82) is 0 Å². The van der Waals surface area contributed by atoms with Crippen LogP contribution in [0.15, 0.2) is 0 Å². The van der Waals surface area contributed by atoms with Gasteiger partial charge in [0, 0.05) is 13.0 Å². The third-order valence-corrected chi connectivity index (χ3v) is 2.97. The molecule has 1 heterocycles. The lowest BCUT2D eigenvalue weighted by atomic mass is 10.2. The number of hydrogen-bond acceptors (Lipinski definition) is 3. The van der Waals surface area contributed by atoms with Crippen LogP contribution < -0.4 is 5.32 Å². The second-order valence-corrected chi connectivity index (χ2v) is 4.67. The van der Waals surface area contributed by atoms with Gasteiger partial charge in [-0.05, 0) is 25.8 Å². The monoisotopic (exact) mass is 280 g/mol. The Labute approximate surface area is 110 Å². The fourth-order valence-corrected chi connectivity index (χ4v) is 2.03. The minimum absolute atomic E-state index is 0.0318. The Morgan fingerprint density at radius 2 is 2.00 bits per heavy atom. The summed E-state index contributed by atoms with van der Waals surface area (Å²) < 4.78 is 35.7. The van der Waals surface area contributed by atoms with Crippen LogP contribution in [-0.4, -0.2) is 42.0 Å². The number of halogens is 3. The zero-order valence-corrected chi connectivity index (χ0v) is 10.9. The smallest absolute Gasteiger partial charge is 0.305 e. The summed E-state index contributed by atoms with van der Waals surface area (Å²) in [6, 6.07) is -0.565. The Kier molecular flexibility index (Phi) is 5.78. The Bertz CT molecular complexity index is 331. The van der Waals surface area contributed by atoms with Gasteiger partial charge in [0.2, 0.25) is 11.8 Å². The highest BCUT2D eigenvalue weighted by Crippen LogP contribution is 2.22. The summed E-state index contributed by atoms with van der Waals surface area (Å²) >= 11 is 0. The molecule has 1 aliphatic rings. The third kappa shape index (κ3) is 5.18. The lowest BCUT2D eigenvalue weighted by Gasteiger charge is -2.14. The molecule has 110 valence electrons. The number of likely N-dealkylation sites (tertiary alicyclic amines) is 1. The van der Waals surface area contributed by atoms with Crippen molar-refractivity contribution in [2.45, 2.75) is 51.2 Å². The fraction of sp³-hybridized carbons (Fsp3) is 0.833. The molecule has 2 amide bonds. The number of alkyl halides is 3. The molecule has 1 fully saturated rings. The van der Waals surface area contributed by atoms with E-state index in [1.807, 2.05) is 6.92 Å². The summed E-state index contributed by atoms with van der Waals surface area (Å²) in [6.07, 6.45) is -3.76. The van der Waals surface area contributed by atoms with Gasteiger partial charge in [0.05, 0.1) is 12.5 Å². The highest BCUT2D eigenvalue weighted by molar-refractivity contribution is 6.05. The molecule has 1 unspecified atom stereocenters. The zero-order chi connectivity index (χ0) is 14.5. The second kappa shape index (κ2) is 6.88. The molecule has 1 rings (SSSR count). The first-order valence-corrected chi connectivity index (χ1v) is 6.49. The van der Waals surface area contributed by atoms with Gasteiger partial charge < -0.3 is 5.32 Å². The van der Waals surface area contributed by atoms with Gasteiger partial charge in [-0.3, -0.25) is 14.5 Å². The number of nitrogens with zero attached hydrogens (tertiary/aromatic N) is 1. The Morgan fingerprint density at radius 3 is 2.58 bits per heavy atom.